The maximum absolute atomic E-state index is 11.3. The van der Waals surface area contributed by atoms with Gasteiger partial charge in [-0.05, 0) is 25.0 Å². The number of aromatic nitrogens is 2. The van der Waals surface area contributed by atoms with Gasteiger partial charge in [-0.25, -0.2) is 0 Å². The highest BCUT2D eigenvalue weighted by Crippen LogP contribution is 2.34. The maximum Gasteiger partial charge on any atom is 0.307 e. The van der Waals surface area contributed by atoms with E-state index < -0.39 is 11.9 Å². The zero-order valence-corrected chi connectivity index (χ0v) is 11.8. The fourth-order valence-corrected chi connectivity index (χ4v) is 2.68. The summed E-state index contributed by atoms with van der Waals surface area (Å²) in [4.78, 5) is 15.7. The SMILES string of the molecule is O=C(O)C1CC=CCC1c1nc(-c2cccc(Cl)c2)no1. The molecule has 1 aliphatic carbocycles. The van der Waals surface area contributed by atoms with Crippen LogP contribution in [0.1, 0.15) is 24.7 Å². The molecule has 21 heavy (non-hydrogen) atoms. The van der Waals surface area contributed by atoms with Gasteiger partial charge in [-0.3, -0.25) is 4.79 Å². The highest BCUT2D eigenvalue weighted by molar-refractivity contribution is 6.30. The van der Waals surface area contributed by atoms with Gasteiger partial charge in [0.25, 0.3) is 0 Å². The van der Waals surface area contributed by atoms with Gasteiger partial charge in [-0.2, -0.15) is 4.98 Å². The van der Waals surface area contributed by atoms with E-state index in [0.717, 1.165) is 5.56 Å². The Morgan fingerprint density at radius 3 is 2.90 bits per heavy atom. The van der Waals surface area contributed by atoms with E-state index in [0.29, 0.717) is 29.6 Å². The van der Waals surface area contributed by atoms with Crippen molar-refractivity contribution < 1.29 is 14.4 Å². The summed E-state index contributed by atoms with van der Waals surface area (Å²) in [5.41, 5.74) is 0.746. The van der Waals surface area contributed by atoms with E-state index in [9.17, 15) is 9.90 Å². The lowest BCUT2D eigenvalue weighted by Crippen LogP contribution is -2.23. The molecular formula is C15H13ClN2O3. The molecule has 1 N–H and O–H groups in total. The van der Waals surface area contributed by atoms with Crippen LogP contribution in [0.25, 0.3) is 11.4 Å². The van der Waals surface area contributed by atoms with Gasteiger partial charge in [0.1, 0.15) is 0 Å². The van der Waals surface area contributed by atoms with E-state index in [1.54, 1.807) is 18.2 Å². The molecule has 0 radical (unpaired) electrons. The number of benzene rings is 1. The Hall–Kier alpha value is -2.14. The van der Waals surface area contributed by atoms with Gasteiger partial charge in [0.15, 0.2) is 0 Å². The Morgan fingerprint density at radius 1 is 1.33 bits per heavy atom. The van der Waals surface area contributed by atoms with Crippen LogP contribution in [-0.2, 0) is 4.79 Å². The van der Waals surface area contributed by atoms with Gasteiger partial charge >= 0.3 is 5.97 Å². The van der Waals surface area contributed by atoms with Crippen molar-refractivity contribution in [2.75, 3.05) is 0 Å². The van der Waals surface area contributed by atoms with Gasteiger partial charge in [-0.15, -0.1) is 0 Å². The number of carboxylic acid groups (broad SMARTS) is 1. The molecule has 0 saturated heterocycles. The lowest BCUT2D eigenvalue weighted by atomic mass is 9.83. The molecule has 1 aromatic heterocycles. The lowest BCUT2D eigenvalue weighted by Gasteiger charge is -2.21. The summed E-state index contributed by atoms with van der Waals surface area (Å²) in [5.74, 6) is -0.865. The number of aliphatic carboxylic acids is 1. The average Bonchev–Trinajstić information content (AvgIpc) is 2.97. The first kappa shape index (κ1) is 13.8. The van der Waals surface area contributed by atoms with E-state index in [1.807, 2.05) is 18.2 Å². The number of allylic oxidation sites excluding steroid dienone is 2. The molecule has 1 heterocycles. The Labute approximate surface area is 126 Å². The molecule has 1 aromatic carbocycles. The van der Waals surface area contributed by atoms with Crippen LogP contribution in [0.15, 0.2) is 40.9 Å². The second kappa shape index (κ2) is 5.69. The summed E-state index contributed by atoms with van der Waals surface area (Å²) in [6, 6.07) is 7.14. The van der Waals surface area contributed by atoms with Crippen molar-refractivity contribution in [1.29, 1.82) is 0 Å². The summed E-state index contributed by atoms with van der Waals surface area (Å²) < 4.78 is 5.28. The Morgan fingerprint density at radius 2 is 2.14 bits per heavy atom. The first-order valence-corrected chi connectivity index (χ1v) is 7.00. The molecule has 6 heteroatoms. The number of carbonyl (C=O) groups is 1. The fourth-order valence-electron chi connectivity index (χ4n) is 2.49. The molecule has 2 aromatic rings. The third-order valence-electron chi connectivity index (χ3n) is 3.59. The average molecular weight is 305 g/mol. The van der Waals surface area contributed by atoms with E-state index in [1.165, 1.54) is 0 Å². The van der Waals surface area contributed by atoms with E-state index in [4.69, 9.17) is 16.1 Å². The first-order valence-electron chi connectivity index (χ1n) is 6.62. The third kappa shape index (κ3) is 2.83. The van der Waals surface area contributed by atoms with Gasteiger partial charge in [0, 0.05) is 10.6 Å². The quantitative estimate of drug-likeness (QED) is 0.878. The zero-order valence-electron chi connectivity index (χ0n) is 11.1. The van der Waals surface area contributed by atoms with Gasteiger partial charge < -0.3 is 9.63 Å². The molecule has 2 unspecified atom stereocenters. The van der Waals surface area contributed by atoms with Crippen LogP contribution >= 0.6 is 11.6 Å². The maximum atomic E-state index is 11.3. The van der Waals surface area contributed by atoms with Gasteiger partial charge in [-0.1, -0.05) is 41.0 Å². The van der Waals surface area contributed by atoms with Gasteiger partial charge in [0.05, 0.1) is 11.8 Å². The van der Waals surface area contributed by atoms with Crippen LogP contribution in [0.3, 0.4) is 0 Å². The Kier molecular flexibility index (Phi) is 3.75. The number of hydrogen-bond acceptors (Lipinski definition) is 4. The summed E-state index contributed by atoms with van der Waals surface area (Å²) in [6.45, 7) is 0. The standard InChI is InChI=1S/C15H13ClN2O3/c16-10-5-3-4-9(8-10)13-17-14(21-18-13)11-6-1-2-7-12(11)15(19)20/h1-5,8,11-12H,6-7H2,(H,19,20). The topological polar surface area (TPSA) is 76.2 Å². The van der Waals surface area contributed by atoms with Crippen LogP contribution < -0.4 is 0 Å². The van der Waals surface area contributed by atoms with Crippen molar-refractivity contribution in [2.45, 2.75) is 18.8 Å². The van der Waals surface area contributed by atoms with Crippen LogP contribution in [0.5, 0.6) is 0 Å². The van der Waals surface area contributed by atoms with E-state index in [-0.39, 0.29) is 5.92 Å². The number of nitrogens with zero attached hydrogens (tertiary/aromatic N) is 2. The monoisotopic (exact) mass is 304 g/mol. The van der Waals surface area contributed by atoms with Crippen molar-refractivity contribution in [3.63, 3.8) is 0 Å². The summed E-state index contributed by atoms with van der Waals surface area (Å²) in [7, 11) is 0. The zero-order chi connectivity index (χ0) is 14.8. The van der Waals surface area contributed by atoms with Gasteiger partial charge in [0.2, 0.25) is 11.7 Å². The second-order valence-corrected chi connectivity index (χ2v) is 5.40. The Bertz CT molecular complexity index is 696. The van der Waals surface area contributed by atoms with Crippen LogP contribution in [0, 0.1) is 5.92 Å². The molecule has 2 atom stereocenters. The lowest BCUT2D eigenvalue weighted by molar-refractivity contribution is -0.142. The van der Waals surface area contributed by atoms with Crippen molar-refractivity contribution >= 4 is 17.6 Å². The van der Waals surface area contributed by atoms with Crippen LogP contribution in [-0.4, -0.2) is 21.2 Å². The van der Waals surface area contributed by atoms with Crippen molar-refractivity contribution in [2.24, 2.45) is 5.92 Å². The number of carboxylic acids is 1. The minimum Gasteiger partial charge on any atom is -0.481 e. The fraction of sp³-hybridized carbons (Fsp3) is 0.267. The third-order valence-corrected chi connectivity index (χ3v) is 3.83. The molecule has 1 aliphatic rings. The molecule has 0 aliphatic heterocycles. The first-order chi connectivity index (χ1) is 10.1. The Balaban J connectivity index is 1.91. The van der Waals surface area contributed by atoms with E-state index in [2.05, 4.69) is 10.1 Å². The highest BCUT2D eigenvalue weighted by Gasteiger charge is 2.33. The number of rotatable bonds is 3. The smallest absolute Gasteiger partial charge is 0.307 e. The number of hydrogen-bond donors (Lipinski definition) is 1. The van der Waals surface area contributed by atoms with Crippen LogP contribution in [0.2, 0.25) is 5.02 Å². The molecule has 108 valence electrons. The molecule has 0 spiro atoms. The summed E-state index contributed by atoms with van der Waals surface area (Å²) >= 11 is 5.94. The molecule has 3 rings (SSSR count). The second-order valence-electron chi connectivity index (χ2n) is 4.96. The summed E-state index contributed by atoms with van der Waals surface area (Å²) in [6.07, 6.45) is 4.90. The van der Waals surface area contributed by atoms with Crippen molar-refractivity contribution in [3.8, 4) is 11.4 Å². The molecule has 0 amide bonds. The van der Waals surface area contributed by atoms with Crippen molar-refractivity contribution in [1.82, 2.24) is 10.1 Å². The predicted molar refractivity (Wildman–Crippen MR) is 77.0 cm³/mol. The molecule has 0 fully saturated rings. The highest BCUT2D eigenvalue weighted by atomic mass is 35.5. The summed E-state index contributed by atoms with van der Waals surface area (Å²) in [5, 5.41) is 13.8. The minimum atomic E-state index is -0.841. The minimum absolute atomic E-state index is 0.284. The molecule has 0 bridgehead atoms. The normalized spacial score (nSPS) is 21.4. The predicted octanol–water partition coefficient (Wildman–Crippen LogP) is 3.52. The van der Waals surface area contributed by atoms with Crippen LogP contribution in [0.4, 0.5) is 0 Å². The molecule has 0 saturated carbocycles. The number of halogens is 1. The van der Waals surface area contributed by atoms with E-state index >= 15 is 0 Å². The molecule has 5 nitrogen and oxygen atoms in total. The van der Waals surface area contributed by atoms with Crippen molar-refractivity contribution in [3.05, 3.63) is 47.3 Å². The largest absolute Gasteiger partial charge is 0.481 e. The molecular weight excluding hydrogens is 292 g/mol.